The third-order valence-electron chi connectivity index (χ3n) is 5.69. The van der Waals surface area contributed by atoms with Crippen LogP contribution in [0.1, 0.15) is 12.8 Å². The van der Waals surface area contributed by atoms with Crippen molar-refractivity contribution in [2.75, 3.05) is 76.2 Å². The fraction of sp³-hybridized carbons (Fsp3) is 0.700. The van der Waals surface area contributed by atoms with Crippen molar-refractivity contribution in [3.63, 3.8) is 0 Å². The first kappa shape index (κ1) is 22.6. The maximum atomic E-state index is 12.2. The van der Waals surface area contributed by atoms with E-state index < -0.39 is 0 Å². The Morgan fingerprint density at radius 3 is 2.58 bits per heavy atom. The van der Waals surface area contributed by atoms with Crippen LogP contribution in [-0.4, -0.2) is 103 Å². The first-order valence-electron chi connectivity index (χ1n) is 10.9. The summed E-state index contributed by atoms with van der Waals surface area (Å²) in [6.07, 6.45) is 2.06. The standard InChI is InChI=1S/C20H29ClN6O3S/c21-16-13-17(26-5-7-27(8-6-26)19(29)15-1-2-15)24-20(23-16)31-14-18(28)22-3-4-25-9-11-30-12-10-25/h13,15H,1-12,14H2,(H,22,28). The van der Waals surface area contributed by atoms with Gasteiger partial charge >= 0.3 is 0 Å². The number of hydrogen-bond acceptors (Lipinski definition) is 8. The van der Waals surface area contributed by atoms with E-state index >= 15 is 0 Å². The molecule has 0 unspecified atom stereocenters. The van der Waals surface area contributed by atoms with Crippen LogP contribution in [0.25, 0.3) is 0 Å². The molecule has 2 amide bonds. The summed E-state index contributed by atoms with van der Waals surface area (Å²) in [6.45, 7) is 7.61. The van der Waals surface area contributed by atoms with Gasteiger partial charge in [-0.3, -0.25) is 14.5 Å². The summed E-state index contributed by atoms with van der Waals surface area (Å²) < 4.78 is 5.33. The first-order chi connectivity index (χ1) is 15.1. The lowest BCUT2D eigenvalue weighted by Gasteiger charge is -2.35. The summed E-state index contributed by atoms with van der Waals surface area (Å²) in [5.41, 5.74) is 0. The average Bonchev–Trinajstić information content (AvgIpc) is 3.63. The minimum absolute atomic E-state index is 0.0458. The molecule has 1 aromatic rings. The first-order valence-corrected chi connectivity index (χ1v) is 12.2. The van der Waals surface area contributed by atoms with E-state index in [-0.39, 0.29) is 23.5 Å². The zero-order valence-corrected chi connectivity index (χ0v) is 19.2. The van der Waals surface area contributed by atoms with Crippen molar-refractivity contribution in [3.05, 3.63) is 11.2 Å². The highest BCUT2D eigenvalue weighted by Crippen LogP contribution is 2.31. The van der Waals surface area contributed by atoms with Crippen LogP contribution in [0.4, 0.5) is 5.82 Å². The Kier molecular flexibility index (Phi) is 7.86. The number of nitrogens with one attached hydrogen (secondary N) is 1. The molecule has 9 nitrogen and oxygen atoms in total. The number of amides is 2. The van der Waals surface area contributed by atoms with Crippen LogP contribution in [0.15, 0.2) is 11.2 Å². The number of aromatic nitrogens is 2. The highest BCUT2D eigenvalue weighted by molar-refractivity contribution is 7.99. The van der Waals surface area contributed by atoms with Crippen LogP contribution in [0.3, 0.4) is 0 Å². The van der Waals surface area contributed by atoms with Crippen molar-refractivity contribution in [2.24, 2.45) is 5.92 Å². The fourth-order valence-electron chi connectivity index (χ4n) is 3.72. The SMILES string of the molecule is O=C(CSc1nc(Cl)cc(N2CCN(C(=O)C3CC3)CC2)n1)NCCN1CCOCC1. The lowest BCUT2D eigenvalue weighted by atomic mass is 10.2. The molecular formula is C20H29ClN6O3S. The average molecular weight is 469 g/mol. The molecule has 2 aliphatic heterocycles. The smallest absolute Gasteiger partial charge is 0.230 e. The Morgan fingerprint density at radius 1 is 1.13 bits per heavy atom. The van der Waals surface area contributed by atoms with Crippen molar-refractivity contribution in [2.45, 2.75) is 18.0 Å². The van der Waals surface area contributed by atoms with Gasteiger partial charge in [-0.05, 0) is 12.8 Å². The second-order valence-electron chi connectivity index (χ2n) is 8.01. The van der Waals surface area contributed by atoms with Gasteiger partial charge in [0, 0.05) is 64.3 Å². The van der Waals surface area contributed by atoms with E-state index in [4.69, 9.17) is 16.3 Å². The quantitative estimate of drug-likeness (QED) is 0.339. The van der Waals surface area contributed by atoms with Crippen LogP contribution in [0.5, 0.6) is 0 Å². The molecule has 170 valence electrons. The van der Waals surface area contributed by atoms with Crippen LogP contribution in [0, 0.1) is 5.92 Å². The molecule has 0 atom stereocenters. The second-order valence-corrected chi connectivity index (χ2v) is 9.34. The maximum absolute atomic E-state index is 12.2. The van der Waals surface area contributed by atoms with E-state index in [1.807, 2.05) is 4.90 Å². The van der Waals surface area contributed by atoms with Gasteiger partial charge in [0.25, 0.3) is 0 Å². The van der Waals surface area contributed by atoms with Gasteiger partial charge in [0.2, 0.25) is 11.8 Å². The van der Waals surface area contributed by atoms with E-state index in [0.29, 0.717) is 29.9 Å². The molecule has 3 heterocycles. The van der Waals surface area contributed by atoms with E-state index in [2.05, 4.69) is 25.1 Å². The van der Waals surface area contributed by atoms with Crippen molar-refractivity contribution in [1.29, 1.82) is 0 Å². The van der Waals surface area contributed by atoms with Crippen LogP contribution in [0.2, 0.25) is 5.15 Å². The number of carbonyl (C=O) groups excluding carboxylic acids is 2. The van der Waals surface area contributed by atoms with E-state index in [9.17, 15) is 9.59 Å². The summed E-state index contributed by atoms with van der Waals surface area (Å²) in [4.78, 5) is 39.6. The van der Waals surface area contributed by atoms with Crippen molar-refractivity contribution < 1.29 is 14.3 Å². The molecular weight excluding hydrogens is 440 g/mol. The van der Waals surface area contributed by atoms with Crippen molar-refractivity contribution in [1.82, 2.24) is 25.1 Å². The van der Waals surface area contributed by atoms with Gasteiger partial charge in [0.1, 0.15) is 11.0 Å². The molecule has 1 aliphatic carbocycles. The molecule has 1 saturated carbocycles. The van der Waals surface area contributed by atoms with Crippen LogP contribution >= 0.6 is 23.4 Å². The summed E-state index contributed by atoms with van der Waals surface area (Å²) in [6, 6.07) is 1.74. The Bertz CT molecular complexity index is 782. The normalized spacial score (nSPS) is 20.0. The summed E-state index contributed by atoms with van der Waals surface area (Å²) in [7, 11) is 0. The van der Waals surface area contributed by atoms with Gasteiger partial charge < -0.3 is 19.9 Å². The third-order valence-corrected chi connectivity index (χ3v) is 6.73. The second kappa shape index (κ2) is 10.8. The fourth-order valence-corrected chi connectivity index (χ4v) is 4.63. The Hall–Kier alpha value is -1.62. The van der Waals surface area contributed by atoms with Crippen molar-refractivity contribution >= 4 is 41.0 Å². The number of ether oxygens (including phenoxy) is 1. The molecule has 3 aliphatic rings. The number of rotatable bonds is 8. The Labute approximate surface area is 191 Å². The highest BCUT2D eigenvalue weighted by atomic mass is 35.5. The number of morpholine rings is 1. The largest absolute Gasteiger partial charge is 0.379 e. The van der Waals surface area contributed by atoms with E-state index in [1.165, 1.54) is 11.8 Å². The number of hydrogen-bond donors (Lipinski definition) is 1. The summed E-state index contributed by atoms with van der Waals surface area (Å²) in [5.74, 6) is 1.48. The number of thioether (sulfide) groups is 1. The topological polar surface area (TPSA) is 90.9 Å². The molecule has 31 heavy (non-hydrogen) atoms. The molecule has 0 bridgehead atoms. The molecule has 2 saturated heterocycles. The van der Waals surface area contributed by atoms with Crippen LogP contribution in [-0.2, 0) is 14.3 Å². The van der Waals surface area contributed by atoms with Gasteiger partial charge in [-0.25, -0.2) is 9.97 Å². The van der Waals surface area contributed by atoms with Gasteiger partial charge in [-0.2, -0.15) is 0 Å². The monoisotopic (exact) mass is 468 g/mol. The molecule has 0 aromatic carbocycles. The Balaban J connectivity index is 1.22. The molecule has 0 radical (unpaired) electrons. The number of carbonyl (C=O) groups is 2. The van der Waals surface area contributed by atoms with Gasteiger partial charge in [-0.15, -0.1) is 0 Å². The van der Waals surface area contributed by atoms with E-state index in [0.717, 1.165) is 64.6 Å². The maximum Gasteiger partial charge on any atom is 0.230 e. The minimum atomic E-state index is -0.0458. The van der Waals surface area contributed by atoms with Gasteiger partial charge in [0.15, 0.2) is 5.16 Å². The molecule has 3 fully saturated rings. The van der Waals surface area contributed by atoms with Gasteiger partial charge in [-0.1, -0.05) is 23.4 Å². The number of piperazine rings is 1. The highest BCUT2D eigenvalue weighted by Gasteiger charge is 2.34. The lowest BCUT2D eigenvalue weighted by Crippen LogP contribution is -2.49. The summed E-state index contributed by atoms with van der Waals surface area (Å²) >= 11 is 7.49. The van der Waals surface area contributed by atoms with Gasteiger partial charge in [0.05, 0.1) is 19.0 Å². The molecule has 1 aromatic heterocycles. The predicted molar refractivity (Wildman–Crippen MR) is 120 cm³/mol. The predicted octanol–water partition coefficient (Wildman–Crippen LogP) is 0.729. The van der Waals surface area contributed by atoms with Crippen LogP contribution < -0.4 is 10.2 Å². The zero-order chi connectivity index (χ0) is 21.6. The number of nitrogens with zero attached hydrogens (tertiary/aromatic N) is 5. The molecule has 11 heteroatoms. The lowest BCUT2D eigenvalue weighted by molar-refractivity contribution is -0.132. The molecule has 1 N–H and O–H groups in total. The zero-order valence-electron chi connectivity index (χ0n) is 17.6. The minimum Gasteiger partial charge on any atom is -0.379 e. The molecule has 0 spiro atoms. The third kappa shape index (κ3) is 6.68. The number of halogens is 1. The van der Waals surface area contributed by atoms with E-state index in [1.54, 1.807) is 6.07 Å². The summed E-state index contributed by atoms with van der Waals surface area (Å²) in [5, 5.41) is 3.79. The number of anilines is 1. The van der Waals surface area contributed by atoms with Crippen molar-refractivity contribution in [3.8, 4) is 0 Å². The molecule has 4 rings (SSSR count). The Morgan fingerprint density at radius 2 is 1.87 bits per heavy atom.